The van der Waals surface area contributed by atoms with E-state index in [-0.39, 0.29) is 6.54 Å². The number of aryl methyl sites for hydroxylation is 2. The maximum atomic E-state index is 14.0. The Labute approximate surface area is 221 Å². The summed E-state index contributed by atoms with van der Waals surface area (Å²) in [7, 11) is 0. The van der Waals surface area contributed by atoms with Crippen LogP contribution >= 0.6 is 0 Å². The number of hydrogen-bond donors (Lipinski definition) is 2. The minimum atomic E-state index is -1.05. The predicted octanol–water partition coefficient (Wildman–Crippen LogP) is 5.51. The molecule has 2 aromatic carbocycles. The molecule has 3 amide bonds. The van der Waals surface area contributed by atoms with E-state index in [2.05, 4.69) is 16.6 Å². The average Bonchev–Trinajstić information content (AvgIpc) is 2.82. The molecule has 0 bridgehead atoms. The molecule has 2 rings (SSSR count). The van der Waals surface area contributed by atoms with Crippen LogP contribution in [0.15, 0.2) is 42.5 Å². The quantitative estimate of drug-likeness (QED) is 0.463. The van der Waals surface area contributed by atoms with E-state index in [0.717, 1.165) is 11.1 Å². The van der Waals surface area contributed by atoms with Crippen molar-refractivity contribution in [1.82, 2.24) is 10.2 Å². The number of carbonyl (C=O) groups excluding carboxylic acids is 3. The van der Waals surface area contributed by atoms with Crippen LogP contribution in [0.5, 0.6) is 0 Å². The molecule has 1 unspecified atom stereocenters. The number of benzene rings is 2. The van der Waals surface area contributed by atoms with Crippen molar-refractivity contribution in [2.45, 2.75) is 79.0 Å². The highest BCUT2D eigenvalue weighted by Gasteiger charge is 2.41. The number of amides is 3. The molecule has 0 fully saturated rings. The Balaban J connectivity index is 2.58. The van der Waals surface area contributed by atoms with Crippen molar-refractivity contribution in [3.05, 3.63) is 64.7 Å². The molecule has 0 radical (unpaired) electrons. The SMILES string of the molecule is C#Cc1ccccc1C(C(=O)Nc1c(C)cccc1C)N(C(=O)CNC(=O)OC(C)(C)C)C(C)(C)CC. The van der Waals surface area contributed by atoms with E-state index >= 15 is 0 Å². The van der Waals surface area contributed by atoms with Crippen molar-refractivity contribution in [3.63, 3.8) is 0 Å². The number of para-hydroxylation sites is 1. The molecule has 2 aromatic rings. The van der Waals surface area contributed by atoms with Gasteiger partial charge in [-0.3, -0.25) is 9.59 Å². The summed E-state index contributed by atoms with van der Waals surface area (Å²) in [6.07, 6.45) is 5.65. The van der Waals surface area contributed by atoms with Crippen molar-refractivity contribution in [2.24, 2.45) is 0 Å². The van der Waals surface area contributed by atoms with E-state index < -0.39 is 35.1 Å². The summed E-state index contributed by atoms with van der Waals surface area (Å²) in [5, 5.41) is 5.58. The third-order valence-electron chi connectivity index (χ3n) is 6.22. The molecule has 2 N–H and O–H groups in total. The summed E-state index contributed by atoms with van der Waals surface area (Å²) < 4.78 is 5.29. The summed E-state index contributed by atoms with van der Waals surface area (Å²) in [6, 6.07) is 11.8. The lowest BCUT2D eigenvalue weighted by molar-refractivity contribution is -0.145. The normalized spacial score (nSPS) is 12.2. The van der Waals surface area contributed by atoms with Gasteiger partial charge in [-0.2, -0.15) is 0 Å². The highest BCUT2D eigenvalue weighted by atomic mass is 16.6. The Hall–Kier alpha value is -3.79. The minimum absolute atomic E-state index is 0.344. The summed E-state index contributed by atoms with van der Waals surface area (Å²) in [5.41, 5.74) is 2.05. The van der Waals surface area contributed by atoms with Gasteiger partial charge >= 0.3 is 6.09 Å². The van der Waals surface area contributed by atoms with Gasteiger partial charge in [0.05, 0.1) is 0 Å². The Kier molecular flexibility index (Phi) is 9.52. The third-order valence-corrected chi connectivity index (χ3v) is 6.22. The smallest absolute Gasteiger partial charge is 0.408 e. The molecule has 0 aliphatic rings. The molecule has 0 aromatic heterocycles. The van der Waals surface area contributed by atoms with Crippen molar-refractivity contribution in [3.8, 4) is 12.3 Å². The zero-order valence-corrected chi connectivity index (χ0v) is 23.2. The lowest BCUT2D eigenvalue weighted by Crippen LogP contribution is -2.55. The summed E-state index contributed by atoms with van der Waals surface area (Å²) in [6.45, 7) is 14.4. The van der Waals surface area contributed by atoms with Gasteiger partial charge in [0, 0.05) is 16.8 Å². The third kappa shape index (κ3) is 7.60. The predicted molar refractivity (Wildman–Crippen MR) is 147 cm³/mol. The van der Waals surface area contributed by atoms with E-state index in [1.54, 1.807) is 45.0 Å². The van der Waals surface area contributed by atoms with E-state index in [1.165, 1.54) is 4.90 Å². The van der Waals surface area contributed by atoms with Crippen LogP contribution in [-0.2, 0) is 14.3 Å². The fourth-order valence-corrected chi connectivity index (χ4v) is 4.02. The first kappa shape index (κ1) is 29.4. The molecule has 1 atom stereocenters. The first-order valence-electron chi connectivity index (χ1n) is 12.4. The van der Waals surface area contributed by atoms with E-state index in [9.17, 15) is 14.4 Å². The fourth-order valence-electron chi connectivity index (χ4n) is 4.02. The first-order valence-corrected chi connectivity index (χ1v) is 12.4. The van der Waals surface area contributed by atoms with Gasteiger partial charge in [0.25, 0.3) is 5.91 Å². The van der Waals surface area contributed by atoms with Crippen molar-refractivity contribution >= 4 is 23.6 Å². The zero-order valence-electron chi connectivity index (χ0n) is 23.2. The topological polar surface area (TPSA) is 87.7 Å². The molecule has 0 heterocycles. The molecule has 37 heavy (non-hydrogen) atoms. The Morgan fingerprint density at radius 2 is 1.59 bits per heavy atom. The summed E-state index contributed by atoms with van der Waals surface area (Å²) in [5.74, 6) is 1.81. The molecule has 0 saturated heterocycles. The van der Waals surface area contributed by atoms with Crippen LogP contribution in [0, 0.1) is 26.2 Å². The van der Waals surface area contributed by atoms with Crippen LogP contribution < -0.4 is 10.6 Å². The van der Waals surface area contributed by atoms with Gasteiger partial charge in [-0.05, 0) is 77.6 Å². The van der Waals surface area contributed by atoms with Crippen molar-refractivity contribution in [2.75, 3.05) is 11.9 Å². The Morgan fingerprint density at radius 3 is 2.14 bits per heavy atom. The molecule has 0 saturated carbocycles. The van der Waals surface area contributed by atoms with E-state index in [1.807, 2.05) is 52.8 Å². The lowest BCUT2D eigenvalue weighted by atomic mass is 9.91. The van der Waals surface area contributed by atoms with Gasteiger partial charge in [-0.1, -0.05) is 49.2 Å². The van der Waals surface area contributed by atoms with Crippen LogP contribution in [0.3, 0.4) is 0 Å². The van der Waals surface area contributed by atoms with Gasteiger partial charge in [0.2, 0.25) is 5.91 Å². The minimum Gasteiger partial charge on any atom is -0.444 e. The van der Waals surface area contributed by atoms with E-state index in [4.69, 9.17) is 11.2 Å². The molecular weight excluding hydrogens is 466 g/mol. The number of rotatable bonds is 8. The number of anilines is 1. The van der Waals surface area contributed by atoms with Gasteiger partial charge in [-0.25, -0.2) is 4.79 Å². The summed E-state index contributed by atoms with van der Waals surface area (Å²) >= 11 is 0. The largest absolute Gasteiger partial charge is 0.444 e. The Morgan fingerprint density at radius 1 is 1.00 bits per heavy atom. The maximum absolute atomic E-state index is 14.0. The number of carbonyl (C=O) groups is 3. The van der Waals surface area contributed by atoms with Crippen LogP contribution in [0.25, 0.3) is 0 Å². The molecule has 7 heteroatoms. The number of nitrogens with zero attached hydrogens (tertiary/aromatic N) is 1. The molecule has 0 aliphatic carbocycles. The number of nitrogens with one attached hydrogen (secondary N) is 2. The second-order valence-corrected chi connectivity index (χ2v) is 10.7. The van der Waals surface area contributed by atoms with Crippen LogP contribution in [0.4, 0.5) is 10.5 Å². The van der Waals surface area contributed by atoms with Crippen LogP contribution in [0.1, 0.15) is 76.3 Å². The molecular formula is C30H39N3O4. The lowest BCUT2D eigenvalue weighted by Gasteiger charge is -2.43. The van der Waals surface area contributed by atoms with E-state index in [0.29, 0.717) is 23.2 Å². The standard InChI is InChI=1S/C30H39N3O4/c1-10-22-17-12-13-18-23(22)26(27(35)32-25-20(3)15-14-16-21(25)4)33(30(8,9)11-2)24(34)19-31-28(36)37-29(5,6)7/h1,12-18,26H,11,19H2,2-9H3,(H,31,36)(H,32,35). The highest BCUT2D eigenvalue weighted by molar-refractivity contribution is 6.00. The monoisotopic (exact) mass is 505 g/mol. The maximum Gasteiger partial charge on any atom is 0.408 e. The molecule has 198 valence electrons. The van der Waals surface area contributed by atoms with Crippen molar-refractivity contribution in [1.29, 1.82) is 0 Å². The zero-order chi connectivity index (χ0) is 28.0. The number of hydrogen-bond acceptors (Lipinski definition) is 4. The van der Waals surface area contributed by atoms with Gasteiger partial charge < -0.3 is 20.3 Å². The van der Waals surface area contributed by atoms with Crippen LogP contribution in [-0.4, -0.2) is 40.5 Å². The average molecular weight is 506 g/mol. The summed E-state index contributed by atoms with van der Waals surface area (Å²) in [4.78, 5) is 41.6. The second kappa shape index (κ2) is 12.0. The van der Waals surface area contributed by atoms with Gasteiger partial charge in [0.1, 0.15) is 18.2 Å². The number of alkyl carbamates (subject to hydrolysis) is 1. The second-order valence-electron chi connectivity index (χ2n) is 10.7. The Bertz CT molecular complexity index is 1170. The molecule has 0 spiro atoms. The fraction of sp³-hybridized carbons (Fsp3) is 0.433. The van der Waals surface area contributed by atoms with Crippen LogP contribution in [0.2, 0.25) is 0 Å². The first-order chi connectivity index (χ1) is 17.2. The highest BCUT2D eigenvalue weighted by Crippen LogP contribution is 2.34. The molecule has 0 aliphatic heterocycles. The van der Waals surface area contributed by atoms with Gasteiger partial charge in [-0.15, -0.1) is 6.42 Å². The molecule has 7 nitrogen and oxygen atoms in total. The van der Waals surface area contributed by atoms with Crippen molar-refractivity contribution < 1.29 is 19.1 Å². The number of ether oxygens (including phenoxy) is 1. The van der Waals surface area contributed by atoms with Gasteiger partial charge in [0.15, 0.2) is 0 Å². The number of terminal acetylenes is 1.